The van der Waals surface area contributed by atoms with E-state index < -0.39 is 0 Å². The van der Waals surface area contributed by atoms with Crippen LogP contribution in [0.4, 0.5) is 0 Å². The predicted octanol–water partition coefficient (Wildman–Crippen LogP) is 3.34. The fourth-order valence-electron chi connectivity index (χ4n) is 7.26. The van der Waals surface area contributed by atoms with E-state index in [0.29, 0.717) is 30.2 Å². The van der Waals surface area contributed by atoms with Crippen LogP contribution in [0.15, 0.2) is 30.3 Å². The first-order valence-corrected chi connectivity index (χ1v) is 13.7. The second kappa shape index (κ2) is 10.8. The first kappa shape index (κ1) is 23.8. The summed E-state index contributed by atoms with van der Waals surface area (Å²) in [5, 5.41) is 0. The molecule has 4 saturated heterocycles. The Balaban J connectivity index is 1.29. The molecule has 4 aliphatic heterocycles. The summed E-state index contributed by atoms with van der Waals surface area (Å²) in [5.74, 6) is 1.63. The van der Waals surface area contributed by atoms with Crippen molar-refractivity contribution in [3.8, 4) is 0 Å². The van der Waals surface area contributed by atoms with E-state index in [4.69, 9.17) is 0 Å². The highest BCUT2D eigenvalue weighted by atomic mass is 16.2. The van der Waals surface area contributed by atoms with E-state index in [9.17, 15) is 9.59 Å². The SMILES string of the molecule is CN1CCCN(C(=O)CCC[C@@H]2[C@H]3CCCN4CCC[C@@H](CN2C(=O)c2ccccc2)[C@@H]34)CC1. The topological polar surface area (TPSA) is 47.1 Å². The number of likely N-dealkylation sites (tertiary alicyclic amines) is 1. The average Bonchev–Trinajstić information content (AvgIpc) is 3.10. The van der Waals surface area contributed by atoms with Crippen LogP contribution in [0.3, 0.4) is 0 Å². The highest BCUT2D eigenvalue weighted by Crippen LogP contribution is 2.43. The maximum absolute atomic E-state index is 13.7. The van der Waals surface area contributed by atoms with Crippen molar-refractivity contribution >= 4 is 11.8 Å². The second-order valence-corrected chi connectivity index (χ2v) is 11.1. The minimum atomic E-state index is 0.189. The van der Waals surface area contributed by atoms with Crippen LogP contribution in [0.5, 0.6) is 0 Å². The summed E-state index contributed by atoms with van der Waals surface area (Å²) in [6.45, 7) is 7.09. The molecule has 0 unspecified atom stereocenters. The van der Waals surface area contributed by atoms with Crippen LogP contribution in [0.2, 0.25) is 0 Å². The Hall–Kier alpha value is -1.92. The molecule has 0 bridgehead atoms. The summed E-state index contributed by atoms with van der Waals surface area (Å²) >= 11 is 0. The molecule has 0 N–H and O–H groups in total. The summed E-state index contributed by atoms with van der Waals surface area (Å²) in [7, 11) is 2.14. The molecular weight excluding hydrogens is 424 g/mol. The number of carbonyl (C=O) groups is 2. The molecule has 5 rings (SSSR count). The van der Waals surface area contributed by atoms with E-state index in [1.54, 1.807) is 0 Å². The van der Waals surface area contributed by atoms with Gasteiger partial charge in [-0.15, -0.1) is 0 Å². The first-order chi connectivity index (χ1) is 16.6. The molecule has 0 radical (unpaired) electrons. The van der Waals surface area contributed by atoms with Gasteiger partial charge in [-0.2, -0.15) is 0 Å². The van der Waals surface area contributed by atoms with Gasteiger partial charge in [0.05, 0.1) is 0 Å². The van der Waals surface area contributed by atoms with E-state index >= 15 is 0 Å². The molecule has 34 heavy (non-hydrogen) atoms. The molecule has 0 spiro atoms. The van der Waals surface area contributed by atoms with Gasteiger partial charge >= 0.3 is 0 Å². The van der Waals surface area contributed by atoms with Crippen molar-refractivity contribution in [2.24, 2.45) is 11.8 Å². The number of piperidine rings is 3. The minimum Gasteiger partial charge on any atom is -0.341 e. The van der Waals surface area contributed by atoms with Crippen LogP contribution in [-0.4, -0.2) is 96.4 Å². The normalized spacial score (nSPS) is 30.5. The highest BCUT2D eigenvalue weighted by Gasteiger charge is 2.49. The van der Waals surface area contributed by atoms with Gasteiger partial charge in [-0.1, -0.05) is 18.2 Å². The maximum atomic E-state index is 13.7. The van der Waals surface area contributed by atoms with Gasteiger partial charge in [-0.05, 0) is 95.6 Å². The fourth-order valence-corrected chi connectivity index (χ4v) is 7.26. The third-order valence-corrected chi connectivity index (χ3v) is 8.92. The lowest BCUT2D eigenvalue weighted by atomic mass is 9.69. The Bertz CT molecular complexity index is 844. The van der Waals surface area contributed by atoms with Crippen molar-refractivity contribution in [3.05, 3.63) is 35.9 Å². The van der Waals surface area contributed by atoms with Crippen molar-refractivity contribution in [2.75, 3.05) is 52.9 Å². The van der Waals surface area contributed by atoms with Gasteiger partial charge in [-0.25, -0.2) is 0 Å². The zero-order chi connectivity index (χ0) is 23.5. The van der Waals surface area contributed by atoms with Crippen molar-refractivity contribution in [1.82, 2.24) is 19.6 Å². The molecule has 4 atom stereocenters. The van der Waals surface area contributed by atoms with E-state index in [1.165, 1.54) is 38.8 Å². The van der Waals surface area contributed by atoms with E-state index in [-0.39, 0.29) is 11.9 Å². The number of carbonyl (C=O) groups excluding carboxylic acids is 2. The summed E-state index contributed by atoms with van der Waals surface area (Å²) in [6, 6.07) is 10.7. The van der Waals surface area contributed by atoms with Crippen molar-refractivity contribution in [2.45, 2.75) is 63.5 Å². The second-order valence-electron chi connectivity index (χ2n) is 11.1. The Morgan fingerprint density at radius 3 is 2.53 bits per heavy atom. The Kier molecular flexibility index (Phi) is 7.55. The highest BCUT2D eigenvalue weighted by molar-refractivity contribution is 5.94. The lowest BCUT2D eigenvalue weighted by molar-refractivity contribution is -0.131. The smallest absolute Gasteiger partial charge is 0.254 e. The molecular formula is C28H42N4O2. The van der Waals surface area contributed by atoms with Gasteiger partial charge in [0.25, 0.3) is 5.91 Å². The summed E-state index contributed by atoms with van der Waals surface area (Å²) in [5.41, 5.74) is 0.805. The van der Waals surface area contributed by atoms with Gasteiger partial charge in [0, 0.05) is 50.2 Å². The molecule has 4 fully saturated rings. The van der Waals surface area contributed by atoms with E-state index in [1.807, 2.05) is 30.3 Å². The number of amides is 2. The third kappa shape index (κ3) is 5.03. The number of nitrogens with zero attached hydrogens (tertiary/aromatic N) is 4. The third-order valence-electron chi connectivity index (χ3n) is 8.92. The van der Waals surface area contributed by atoms with Crippen molar-refractivity contribution in [1.29, 1.82) is 0 Å². The Morgan fingerprint density at radius 1 is 0.912 bits per heavy atom. The average molecular weight is 467 g/mol. The summed E-state index contributed by atoms with van der Waals surface area (Å²) < 4.78 is 0. The summed E-state index contributed by atoms with van der Waals surface area (Å²) in [6.07, 6.45) is 8.44. The van der Waals surface area contributed by atoms with Crippen LogP contribution in [-0.2, 0) is 4.79 Å². The standard InChI is InChI=1S/C28H42N4O2/c1-29-15-8-18-30(20-19-29)26(33)14-5-13-25-24-12-7-17-31-16-6-11-23(27(24)31)21-32(25)28(34)22-9-3-2-4-10-22/h2-4,9-10,23-25,27H,5-8,11-21H2,1H3/t23-,24+,25+,27-/m0/s1. The minimum absolute atomic E-state index is 0.189. The van der Waals surface area contributed by atoms with Gasteiger partial charge in [0.15, 0.2) is 0 Å². The first-order valence-electron chi connectivity index (χ1n) is 13.7. The van der Waals surface area contributed by atoms with Crippen molar-refractivity contribution in [3.63, 3.8) is 0 Å². The summed E-state index contributed by atoms with van der Waals surface area (Å²) in [4.78, 5) is 36.0. The number of hydrogen-bond acceptors (Lipinski definition) is 4. The lowest BCUT2D eigenvalue weighted by Gasteiger charge is -2.57. The van der Waals surface area contributed by atoms with Gasteiger partial charge < -0.3 is 14.7 Å². The molecule has 2 amide bonds. The van der Waals surface area contributed by atoms with Crippen LogP contribution in [0.25, 0.3) is 0 Å². The van der Waals surface area contributed by atoms with Crippen LogP contribution < -0.4 is 0 Å². The van der Waals surface area contributed by atoms with Gasteiger partial charge in [-0.3, -0.25) is 14.5 Å². The largest absolute Gasteiger partial charge is 0.341 e. The number of likely N-dealkylation sites (N-methyl/N-ethyl adjacent to an activating group) is 1. The molecule has 0 saturated carbocycles. The number of benzene rings is 1. The zero-order valence-corrected chi connectivity index (χ0v) is 20.9. The fraction of sp³-hybridized carbons (Fsp3) is 0.714. The number of hydrogen-bond donors (Lipinski definition) is 0. The molecule has 1 aromatic rings. The Labute approximate surface area is 205 Å². The van der Waals surface area contributed by atoms with Crippen LogP contribution >= 0.6 is 0 Å². The van der Waals surface area contributed by atoms with Gasteiger partial charge in [0.1, 0.15) is 0 Å². The molecule has 0 aliphatic carbocycles. The lowest BCUT2D eigenvalue weighted by Crippen LogP contribution is -2.65. The molecule has 1 aromatic carbocycles. The monoisotopic (exact) mass is 466 g/mol. The molecule has 186 valence electrons. The molecule has 6 heteroatoms. The van der Waals surface area contributed by atoms with Crippen LogP contribution in [0.1, 0.15) is 61.7 Å². The molecule has 6 nitrogen and oxygen atoms in total. The zero-order valence-electron chi connectivity index (χ0n) is 20.9. The molecule has 4 heterocycles. The van der Waals surface area contributed by atoms with Crippen molar-refractivity contribution < 1.29 is 9.59 Å². The van der Waals surface area contributed by atoms with Gasteiger partial charge in [0.2, 0.25) is 5.91 Å². The molecule has 4 aliphatic rings. The van der Waals surface area contributed by atoms with E-state index in [2.05, 4.69) is 26.6 Å². The van der Waals surface area contributed by atoms with E-state index in [0.717, 1.165) is 57.5 Å². The Morgan fingerprint density at radius 2 is 1.71 bits per heavy atom. The number of rotatable bonds is 5. The predicted molar refractivity (Wildman–Crippen MR) is 135 cm³/mol. The van der Waals surface area contributed by atoms with Crippen LogP contribution in [0, 0.1) is 11.8 Å². The maximum Gasteiger partial charge on any atom is 0.254 e. The molecule has 0 aromatic heterocycles. The quantitative estimate of drug-likeness (QED) is 0.668.